The molecular formula is C18H24BrClN2O3. The summed E-state index contributed by atoms with van der Waals surface area (Å²) in [4.78, 5) is 26.1. The molecule has 0 atom stereocenters. The maximum atomic E-state index is 12.4. The molecule has 2 rings (SSSR count). The van der Waals surface area contributed by atoms with Gasteiger partial charge in [-0.25, -0.2) is 4.79 Å². The van der Waals surface area contributed by atoms with E-state index >= 15 is 0 Å². The first-order valence-electron chi connectivity index (χ1n) is 8.35. The lowest BCUT2D eigenvalue weighted by molar-refractivity contribution is -0.131. The molecule has 1 heterocycles. The Bertz CT molecular complexity index is 638. The van der Waals surface area contributed by atoms with Gasteiger partial charge in [0.25, 0.3) is 0 Å². The van der Waals surface area contributed by atoms with Crippen LogP contribution in [0.1, 0.15) is 39.2 Å². The second-order valence-corrected chi connectivity index (χ2v) is 8.49. The topological polar surface area (TPSA) is 58.6 Å². The minimum Gasteiger partial charge on any atom is -0.444 e. The van der Waals surface area contributed by atoms with Crippen molar-refractivity contribution < 1.29 is 14.3 Å². The molecule has 1 N–H and O–H groups in total. The summed E-state index contributed by atoms with van der Waals surface area (Å²) in [7, 11) is 0. The molecule has 138 valence electrons. The van der Waals surface area contributed by atoms with Crippen molar-refractivity contribution in [1.29, 1.82) is 0 Å². The van der Waals surface area contributed by atoms with Crippen LogP contribution in [0.2, 0.25) is 5.02 Å². The number of carbonyl (C=O) groups excluding carboxylic acids is 2. The van der Waals surface area contributed by atoms with Crippen LogP contribution in [0, 0.1) is 0 Å². The summed E-state index contributed by atoms with van der Waals surface area (Å²) in [5.41, 5.74) is 0.420. The van der Waals surface area contributed by atoms with Crippen LogP contribution in [0.4, 0.5) is 4.79 Å². The van der Waals surface area contributed by atoms with Gasteiger partial charge in [-0.1, -0.05) is 17.7 Å². The van der Waals surface area contributed by atoms with E-state index in [1.165, 1.54) is 0 Å². The lowest BCUT2D eigenvalue weighted by Gasteiger charge is -2.33. The zero-order valence-electron chi connectivity index (χ0n) is 14.8. The quantitative estimate of drug-likeness (QED) is 0.782. The van der Waals surface area contributed by atoms with Crippen LogP contribution in [-0.4, -0.2) is 41.6 Å². The van der Waals surface area contributed by atoms with Crippen LogP contribution in [0.25, 0.3) is 0 Å². The van der Waals surface area contributed by atoms with Gasteiger partial charge in [-0.05, 0) is 67.2 Å². The van der Waals surface area contributed by atoms with Gasteiger partial charge in [-0.15, -0.1) is 0 Å². The predicted octanol–water partition coefficient (Wildman–Crippen LogP) is 4.16. The molecule has 1 saturated heterocycles. The van der Waals surface area contributed by atoms with Crippen LogP contribution in [0.3, 0.4) is 0 Å². The number of alkyl carbamates (subject to hydrolysis) is 1. The Kier molecular flexibility index (Phi) is 6.74. The Balaban J connectivity index is 1.80. The van der Waals surface area contributed by atoms with Gasteiger partial charge >= 0.3 is 6.09 Å². The Morgan fingerprint density at radius 1 is 1.32 bits per heavy atom. The molecule has 0 radical (unpaired) electrons. The third-order valence-electron chi connectivity index (χ3n) is 3.91. The minimum absolute atomic E-state index is 0.0450. The number of carbonyl (C=O) groups is 2. The van der Waals surface area contributed by atoms with E-state index in [1.54, 1.807) is 6.07 Å². The van der Waals surface area contributed by atoms with Crippen molar-refractivity contribution in [3.63, 3.8) is 0 Å². The SMILES string of the molecule is CC(C)(C)OC(=O)NC1CCN(C(=O)Cc2ccc(Cl)c(Br)c2)CC1. The summed E-state index contributed by atoms with van der Waals surface area (Å²) < 4.78 is 6.06. The van der Waals surface area contributed by atoms with E-state index in [4.69, 9.17) is 16.3 Å². The second kappa shape index (κ2) is 8.41. The van der Waals surface area contributed by atoms with Crippen molar-refractivity contribution in [2.24, 2.45) is 0 Å². The van der Waals surface area contributed by atoms with E-state index in [0.717, 1.165) is 22.9 Å². The fraction of sp³-hybridized carbons (Fsp3) is 0.556. The monoisotopic (exact) mass is 430 g/mol. The number of nitrogens with one attached hydrogen (secondary N) is 1. The highest BCUT2D eigenvalue weighted by atomic mass is 79.9. The summed E-state index contributed by atoms with van der Waals surface area (Å²) in [6, 6.07) is 5.56. The molecule has 7 heteroatoms. The van der Waals surface area contributed by atoms with E-state index in [0.29, 0.717) is 24.5 Å². The molecule has 25 heavy (non-hydrogen) atoms. The van der Waals surface area contributed by atoms with E-state index in [-0.39, 0.29) is 11.9 Å². The number of ether oxygens (including phenoxy) is 1. The average molecular weight is 432 g/mol. The molecule has 0 bridgehead atoms. The van der Waals surface area contributed by atoms with Crippen molar-refractivity contribution >= 4 is 39.5 Å². The molecule has 1 aliphatic rings. The van der Waals surface area contributed by atoms with E-state index < -0.39 is 11.7 Å². The molecular weight excluding hydrogens is 408 g/mol. The van der Waals surface area contributed by atoms with Crippen molar-refractivity contribution in [1.82, 2.24) is 10.2 Å². The molecule has 0 unspecified atom stereocenters. The number of benzene rings is 1. The summed E-state index contributed by atoms with van der Waals surface area (Å²) >= 11 is 9.35. The predicted molar refractivity (Wildman–Crippen MR) is 102 cm³/mol. The smallest absolute Gasteiger partial charge is 0.407 e. The number of halogens is 2. The van der Waals surface area contributed by atoms with Gasteiger partial charge in [0.15, 0.2) is 0 Å². The number of nitrogens with zero attached hydrogens (tertiary/aromatic N) is 1. The minimum atomic E-state index is -0.506. The summed E-state index contributed by atoms with van der Waals surface area (Å²) in [5, 5.41) is 3.51. The Morgan fingerprint density at radius 3 is 2.52 bits per heavy atom. The Hall–Kier alpha value is -1.27. The van der Waals surface area contributed by atoms with Crippen LogP contribution < -0.4 is 5.32 Å². The van der Waals surface area contributed by atoms with Gasteiger partial charge in [0.2, 0.25) is 5.91 Å². The molecule has 0 spiro atoms. The fourth-order valence-corrected chi connectivity index (χ4v) is 3.23. The molecule has 0 saturated carbocycles. The van der Waals surface area contributed by atoms with Gasteiger partial charge in [0.05, 0.1) is 11.4 Å². The number of piperidine rings is 1. The van der Waals surface area contributed by atoms with Crippen LogP contribution in [0.5, 0.6) is 0 Å². The third-order valence-corrected chi connectivity index (χ3v) is 5.12. The van der Waals surface area contributed by atoms with Gasteiger partial charge in [-0.3, -0.25) is 4.79 Å². The largest absolute Gasteiger partial charge is 0.444 e. The molecule has 1 aromatic rings. The lowest BCUT2D eigenvalue weighted by Crippen LogP contribution is -2.47. The second-order valence-electron chi connectivity index (χ2n) is 7.23. The first-order valence-corrected chi connectivity index (χ1v) is 9.52. The highest BCUT2D eigenvalue weighted by molar-refractivity contribution is 9.10. The summed E-state index contributed by atoms with van der Waals surface area (Å²) in [6.07, 6.45) is 1.41. The van der Waals surface area contributed by atoms with Crippen molar-refractivity contribution in [2.75, 3.05) is 13.1 Å². The molecule has 0 aromatic heterocycles. The number of amides is 2. The standard InChI is InChI=1S/C18H24BrClN2O3/c1-18(2,3)25-17(24)21-13-6-8-22(9-7-13)16(23)11-12-4-5-15(20)14(19)10-12/h4-5,10,13H,6-9,11H2,1-3H3,(H,21,24). The zero-order valence-corrected chi connectivity index (χ0v) is 17.1. The van der Waals surface area contributed by atoms with E-state index in [1.807, 2.05) is 37.8 Å². The number of hydrogen-bond acceptors (Lipinski definition) is 3. The maximum Gasteiger partial charge on any atom is 0.407 e. The number of rotatable bonds is 3. The van der Waals surface area contributed by atoms with Crippen LogP contribution >= 0.6 is 27.5 Å². The molecule has 1 fully saturated rings. The number of hydrogen-bond donors (Lipinski definition) is 1. The van der Waals surface area contributed by atoms with Gasteiger partial charge in [0, 0.05) is 23.6 Å². The third kappa shape index (κ3) is 6.51. The number of likely N-dealkylation sites (tertiary alicyclic amines) is 1. The molecule has 1 aromatic carbocycles. The van der Waals surface area contributed by atoms with E-state index in [2.05, 4.69) is 21.2 Å². The van der Waals surface area contributed by atoms with Gasteiger partial charge < -0.3 is 15.0 Å². The fourth-order valence-electron chi connectivity index (χ4n) is 2.68. The first-order chi connectivity index (χ1) is 11.6. The van der Waals surface area contributed by atoms with E-state index in [9.17, 15) is 9.59 Å². The summed E-state index contributed by atoms with van der Waals surface area (Å²) in [6.45, 7) is 6.77. The van der Waals surface area contributed by atoms with Crippen molar-refractivity contribution in [3.05, 3.63) is 33.3 Å². The molecule has 2 amide bonds. The maximum absolute atomic E-state index is 12.4. The highest BCUT2D eigenvalue weighted by Crippen LogP contribution is 2.24. The van der Waals surface area contributed by atoms with Crippen molar-refractivity contribution in [2.45, 2.75) is 51.7 Å². The lowest BCUT2D eigenvalue weighted by atomic mass is 10.0. The Morgan fingerprint density at radius 2 is 1.96 bits per heavy atom. The van der Waals surface area contributed by atoms with Gasteiger partial charge in [0.1, 0.15) is 5.60 Å². The normalized spacial score (nSPS) is 15.8. The average Bonchev–Trinajstić information content (AvgIpc) is 2.49. The van der Waals surface area contributed by atoms with Crippen molar-refractivity contribution in [3.8, 4) is 0 Å². The summed E-state index contributed by atoms with van der Waals surface area (Å²) in [5.74, 6) is 0.0879. The molecule has 5 nitrogen and oxygen atoms in total. The Labute approximate surface area is 162 Å². The first kappa shape index (κ1) is 20.0. The zero-order chi connectivity index (χ0) is 18.6. The van der Waals surface area contributed by atoms with Gasteiger partial charge in [-0.2, -0.15) is 0 Å². The highest BCUT2D eigenvalue weighted by Gasteiger charge is 2.25. The molecule has 1 aliphatic heterocycles. The van der Waals surface area contributed by atoms with Crippen LogP contribution in [0.15, 0.2) is 22.7 Å². The molecule has 0 aliphatic carbocycles. The van der Waals surface area contributed by atoms with Crippen LogP contribution in [-0.2, 0) is 16.0 Å².